The Hall–Kier alpha value is -1.59. The number of alkyl halides is 3. The first-order valence-corrected chi connectivity index (χ1v) is 4.57. The molecule has 88 valence electrons. The number of esters is 1. The molecule has 1 aromatic rings. The molecule has 0 fully saturated rings. The first-order valence-electron chi connectivity index (χ1n) is 4.57. The van der Waals surface area contributed by atoms with Crippen molar-refractivity contribution in [3.05, 3.63) is 29.1 Å². The zero-order valence-electron chi connectivity index (χ0n) is 8.76. The molecule has 0 saturated carbocycles. The fourth-order valence-electron chi connectivity index (χ4n) is 1.26. The SMILES string of the molecule is CCOC(=O)c1c(C(F)(F)F)ccnc1C. The van der Waals surface area contributed by atoms with Crippen LogP contribution in [0.4, 0.5) is 13.2 Å². The van der Waals surface area contributed by atoms with Gasteiger partial charge in [-0.1, -0.05) is 0 Å². The number of halogens is 3. The molecule has 0 radical (unpaired) electrons. The van der Waals surface area contributed by atoms with Gasteiger partial charge in [-0.25, -0.2) is 4.79 Å². The first kappa shape index (κ1) is 12.5. The lowest BCUT2D eigenvalue weighted by Gasteiger charge is -2.13. The average molecular weight is 233 g/mol. The van der Waals surface area contributed by atoms with E-state index in [1.807, 2.05) is 0 Å². The van der Waals surface area contributed by atoms with Gasteiger partial charge in [0.05, 0.1) is 23.4 Å². The van der Waals surface area contributed by atoms with Crippen molar-refractivity contribution in [3.8, 4) is 0 Å². The average Bonchev–Trinajstić information content (AvgIpc) is 2.16. The topological polar surface area (TPSA) is 39.2 Å². The summed E-state index contributed by atoms with van der Waals surface area (Å²) in [4.78, 5) is 15.0. The molecule has 1 rings (SSSR count). The predicted octanol–water partition coefficient (Wildman–Crippen LogP) is 2.59. The van der Waals surface area contributed by atoms with Crippen LogP contribution in [0.5, 0.6) is 0 Å². The highest BCUT2D eigenvalue weighted by atomic mass is 19.4. The summed E-state index contributed by atoms with van der Waals surface area (Å²) in [6.45, 7) is 2.88. The Labute approximate surface area is 90.2 Å². The molecule has 6 heteroatoms. The third-order valence-electron chi connectivity index (χ3n) is 1.93. The number of carbonyl (C=O) groups is 1. The van der Waals surface area contributed by atoms with Gasteiger partial charge < -0.3 is 4.74 Å². The van der Waals surface area contributed by atoms with Gasteiger partial charge in [0.1, 0.15) is 0 Å². The molecule has 0 spiro atoms. The first-order chi connectivity index (χ1) is 7.38. The second-order valence-electron chi connectivity index (χ2n) is 3.04. The number of hydrogen-bond donors (Lipinski definition) is 0. The van der Waals surface area contributed by atoms with Gasteiger partial charge in [-0.2, -0.15) is 13.2 Å². The molecule has 0 saturated heterocycles. The van der Waals surface area contributed by atoms with Crippen LogP contribution < -0.4 is 0 Å². The Bertz CT molecular complexity index is 402. The fraction of sp³-hybridized carbons (Fsp3) is 0.400. The lowest BCUT2D eigenvalue weighted by atomic mass is 10.1. The maximum absolute atomic E-state index is 12.6. The van der Waals surface area contributed by atoms with Crippen molar-refractivity contribution < 1.29 is 22.7 Å². The van der Waals surface area contributed by atoms with Gasteiger partial charge in [-0.3, -0.25) is 4.98 Å². The molecule has 0 bridgehead atoms. The van der Waals surface area contributed by atoms with E-state index in [0.29, 0.717) is 0 Å². The van der Waals surface area contributed by atoms with Crippen LogP contribution in [-0.2, 0) is 10.9 Å². The maximum atomic E-state index is 12.6. The summed E-state index contributed by atoms with van der Waals surface area (Å²) in [5.41, 5.74) is -1.52. The number of nitrogens with zero attached hydrogens (tertiary/aromatic N) is 1. The molecular weight excluding hydrogens is 223 g/mol. The standard InChI is InChI=1S/C10H10F3NO2/c1-3-16-9(15)8-6(2)14-5-4-7(8)10(11,12)13/h4-5H,3H2,1-2H3. The molecule has 1 heterocycles. The summed E-state index contributed by atoms with van der Waals surface area (Å²) in [5, 5.41) is 0. The van der Waals surface area contributed by atoms with E-state index in [9.17, 15) is 18.0 Å². The molecule has 0 aliphatic rings. The normalized spacial score (nSPS) is 11.3. The Morgan fingerprint density at radius 1 is 1.50 bits per heavy atom. The number of carbonyl (C=O) groups excluding carboxylic acids is 1. The van der Waals surface area contributed by atoms with E-state index in [0.717, 1.165) is 12.3 Å². The number of rotatable bonds is 2. The van der Waals surface area contributed by atoms with E-state index >= 15 is 0 Å². The minimum atomic E-state index is -4.59. The molecule has 0 aliphatic carbocycles. The van der Waals surface area contributed by atoms with Crippen molar-refractivity contribution in [1.29, 1.82) is 0 Å². The largest absolute Gasteiger partial charge is 0.462 e. The molecule has 16 heavy (non-hydrogen) atoms. The summed E-state index contributed by atoms with van der Waals surface area (Å²) in [5.74, 6) is -1.000. The van der Waals surface area contributed by atoms with Gasteiger partial charge in [0.2, 0.25) is 0 Å². The van der Waals surface area contributed by atoms with Gasteiger partial charge in [0.15, 0.2) is 0 Å². The third kappa shape index (κ3) is 2.50. The van der Waals surface area contributed by atoms with E-state index in [1.54, 1.807) is 0 Å². The van der Waals surface area contributed by atoms with Gasteiger partial charge >= 0.3 is 12.1 Å². The fourth-order valence-corrected chi connectivity index (χ4v) is 1.26. The highest BCUT2D eigenvalue weighted by Crippen LogP contribution is 2.32. The van der Waals surface area contributed by atoms with E-state index < -0.39 is 23.3 Å². The molecule has 3 nitrogen and oxygen atoms in total. The van der Waals surface area contributed by atoms with Crippen molar-refractivity contribution >= 4 is 5.97 Å². The summed E-state index contributed by atoms with van der Waals surface area (Å²) in [6.07, 6.45) is -3.57. The van der Waals surface area contributed by atoms with Crippen molar-refractivity contribution in [3.63, 3.8) is 0 Å². The van der Waals surface area contributed by atoms with Crippen molar-refractivity contribution in [2.75, 3.05) is 6.61 Å². The predicted molar refractivity (Wildman–Crippen MR) is 49.9 cm³/mol. The molecule has 0 N–H and O–H groups in total. The number of aromatic nitrogens is 1. The zero-order chi connectivity index (χ0) is 12.3. The number of pyridine rings is 1. The van der Waals surface area contributed by atoms with Crippen LogP contribution >= 0.6 is 0 Å². The smallest absolute Gasteiger partial charge is 0.417 e. The number of hydrogen-bond acceptors (Lipinski definition) is 3. The van der Waals surface area contributed by atoms with E-state index in [1.165, 1.54) is 13.8 Å². The van der Waals surface area contributed by atoms with Gasteiger partial charge in [-0.15, -0.1) is 0 Å². The Balaban J connectivity index is 3.30. The van der Waals surface area contributed by atoms with Gasteiger partial charge in [0, 0.05) is 6.20 Å². The summed E-state index contributed by atoms with van der Waals surface area (Å²) in [6, 6.07) is 0.763. The third-order valence-corrected chi connectivity index (χ3v) is 1.93. The molecule has 0 amide bonds. The summed E-state index contributed by atoms with van der Waals surface area (Å²) >= 11 is 0. The van der Waals surface area contributed by atoms with Crippen molar-refractivity contribution in [2.45, 2.75) is 20.0 Å². The second-order valence-corrected chi connectivity index (χ2v) is 3.04. The minimum absolute atomic E-state index is 0.00766. The van der Waals surface area contributed by atoms with Gasteiger partial charge in [0.25, 0.3) is 0 Å². The quantitative estimate of drug-likeness (QED) is 0.737. The lowest BCUT2D eigenvalue weighted by molar-refractivity contribution is -0.138. The zero-order valence-corrected chi connectivity index (χ0v) is 8.76. The highest BCUT2D eigenvalue weighted by Gasteiger charge is 2.36. The van der Waals surface area contributed by atoms with Crippen molar-refractivity contribution in [2.24, 2.45) is 0 Å². The van der Waals surface area contributed by atoms with Gasteiger partial charge in [-0.05, 0) is 19.9 Å². The molecule has 0 aromatic carbocycles. The molecule has 0 aliphatic heterocycles. The molecule has 0 unspecified atom stereocenters. The minimum Gasteiger partial charge on any atom is -0.462 e. The second kappa shape index (κ2) is 4.51. The van der Waals surface area contributed by atoms with Crippen LogP contribution in [0, 0.1) is 6.92 Å². The van der Waals surface area contributed by atoms with Crippen LogP contribution in [0.2, 0.25) is 0 Å². The molecule has 1 aromatic heterocycles. The highest BCUT2D eigenvalue weighted by molar-refractivity contribution is 5.92. The summed E-state index contributed by atoms with van der Waals surface area (Å²) < 4.78 is 42.3. The van der Waals surface area contributed by atoms with Crippen LogP contribution in [0.25, 0.3) is 0 Å². The van der Waals surface area contributed by atoms with E-state index in [2.05, 4.69) is 9.72 Å². The van der Waals surface area contributed by atoms with Crippen molar-refractivity contribution in [1.82, 2.24) is 4.98 Å². The maximum Gasteiger partial charge on any atom is 0.417 e. The van der Waals surface area contributed by atoms with E-state index in [-0.39, 0.29) is 12.3 Å². The lowest BCUT2D eigenvalue weighted by Crippen LogP contribution is -2.17. The Morgan fingerprint density at radius 2 is 2.12 bits per heavy atom. The van der Waals surface area contributed by atoms with E-state index in [4.69, 9.17) is 0 Å². The summed E-state index contributed by atoms with van der Waals surface area (Å²) in [7, 11) is 0. The van der Waals surface area contributed by atoms with Crippen LogP contribution in [-0.4, -0.2) is 17.6 Å². The number of ether oxygens (including phenoxy) is 1. The number of aryl methyl sites for hydroxylation is 1. The monoisotopic (exact) mass is 233 g/mol. The molecular formula is C10H10F3NO2. The van der Waals surface area contributed by atoms with Crippen LogP contribution in [0.15, 0.2) is 12.3 Å². The molecule has 0 atom stereocenters. The Kier molecular flexibility index (Phi) is 3.51. The van der Waals surface area contributed by atoms with Crippen LogP contribution in [0.1, 0.15) is 28.5 Å². The Morgan fingerprint density at radius 3 is 2.62 bits per heavy atom. The van der Waals surface area contributed by atoms with Crippen LogP contribution in [0.3, 0.4) is 0 Å².